The van der Waals surface area contributed by atoms with E-state index >= 15 is 0 Å². The molecule has 88 heavy (non-hydrogen) atoms. The van der Waals surface area contributed by atoms with Crippen LogP contribution in [0.3, 0.4) is 0 Å². The van der Waals surface area contributed by atoms with Gasteiger partial charge in [0.2, 0.25) is 0 Å². The molecule has 40 nitrogen and oxygen atoms in total. The third-order valence-corrected chi connectivity index (χ3v) is 16.9. The molecule has 0 aromatic heterocycles. The van der Waals surface area contributed by atoms with Crippen LogP contribution in [-0.2, 0) is 75.8 Å². The van der Waals surface area contributed by atoms with Crippen molar-refractivity contribution in [2.75, 3.05) is 52.9 Å². The van der Waals surface area contributed by atoms with Crippen LogP contribution in [0.4, 0.5) is 0 Å². The van der Waals surface area contributed by atoms with Crippen LogP contribution in [0.1, 0.15) is 0 Å². The van der Waals surface area contributed by atoms with E-state index in [-0.39, 0.29) is 0 Å². The van der Waals surface area contributed by atoms with Gasteiger partial charge in [-0.05, 0) is 0 Å². The van der Waals surface area contributed by atoms with Gasteiger partial charge in [-0.25, -0.2) is 0 Å². The molecule has 0 saturated carbocycles. The molecular formula is C48H80O40. The van der Waals surface area contributed by atoms with Gasteiger partial charge in [0.25, 0.3) is 0 Å². The molecule has 0 aliphatic carbocycles. The number of hydrogen-bond acceptors (Lipinski definition) is 40. The summed E-state index contributed by atoms with van der Waals surface area (Å²) < 4.78 is 91.1. The van der Waals surface area contributed by atoms with Crippen molar-refractivity contribution in [3.05, 3.63) is 0 Å². The molecular weight excluding hydrogens is 1220 g/mol. The highest BCUT2D eigenvalue weighted by Gasteiger charge is 2.60. The summed E-state index contributed by atoms with van der Waals surface area (Å²) in [6.45, 7) is -8.64. The van der Waals surface area contributed by atoms with E-state index in [1.807, 2.05) is 0 Å². The van der Waals surface area contributed by atoms with Crippen molar-refractivity contribution in [3.63, 3.8) is 0 Å². The Balaban J connectivity index is 0.975. The maximum absolute atomic E-state index is 11.4. The van der Waals surface area contributed by atoms with Crippen LogP contribution in [0, 0.1) is 0 Å². The summed E-state index contributed by atoms with van der Waals surface area (Å²) in [6.07, 6.45) is -82.0. The molecule has 16 bridgehead atoms. The fourth-order valence-electron chi connectivity index (χ4n) is 11.9. The summed E-state index contributed by atoms with van der Waals surface area (Å²) in [6, 6.07) is 0. The molecule has 0 spiro atoms. The predicted octanol–water partition coefficient (Wildman–Crippen LogP) is -17.4. The fraction of sp³-hybridized carbons (Fsp3) is 1.00. The lowest BCUT2D eigenvalue weighted by Crippen LogP contribution is -2.69. The third kappa shape index (κ3) is 13.8. The van der Waals surface area contributed by atoms with Crippen LogP contribution in [0.25, 0.3) is 0 Å². The Labute approximate surface area is 496 Å². The van der Waals surface area contributed by atoms with E-state index in [1.54, 1.807) is 0 Å². The quantitative estimate of drug-likeness (QED) is 0.107. The largest absolute Gasteiger partial charge is 0.394 e. The summed E-state index contributed by atoms with van der Waals surface area (Å²) in [7, 11) is 0. The molecule has 0 radical (unpaired) electrons. The average Bonchev–Trinajstić information content (AvgIpc) is 1.33. The van der Waals surface area contributed by atoms with Gasteiger partial charge >= 0.3 is 0 Å². The first-order chi connectivity index (χ1) is 41.9. The molecule has 30 saturated heterocycles. The summed E-state index contributed by atoms with van der Waals surface area (Å²) in [5, 5.41) is 265. The number of rotatable bonds is 8. The lowest BCUT2D eigenvalue weighted by Gasteiger charge is -2.50. The van der Waals surface area contributed by atoms with Gasteiger partial charge in [0.15, 0.2) is 50.3 Å². The van der Waals surface area contributed by atoms with Crippen LogP contribution in [0.2, 0.25) is 0 Å². The monoisotopic (exact) mass is 1300 g/mol. The SMILES string of the molecule is OC[C@H]1OC2OC3[C@@H](CO)OC(OC4[C@@H](CO)OC(OC5[C@@H](CO)OC(OC6[C@@H](CO)OC(O[C@H]7[C@H](O)[C@@H](O)C(O[C@H]8[C@H](O)[C@@H](O)C(O[C@H]9[C@H](O)[C@@H](O)C(OC1[C@H](O)[C@H]2O)O[C@@H]9CO)O[C@@H]8CO)O[C@@H]7CO)[C@H](O)[C@H]6O)[C@H](O)[C@H]5O)[C@H](O)[C@H]4O)[C@H](O)[C@H]3O. The number of aliphatic hydroxyl groups is 24. The fourth-order valence-corrected chi connectivity index (χ4v) is 11.9. The van der Waals surface area contributed by atoms with Crippen LogP contribution < -0.4 is 0 Å². The van der Waals surface area contributed by atoms with E-state index in [1.165, 1.54) is 0 Å². The van der Waals surface area contributed by atoms with E-state index < -0.39 is 299 Å². The number of hydrogen-bond donors (Lipinski definition) is 24. The Morgan fingerprint density at radius 2 is 0.227 bits per heavy atom. The maximum Gasteiger partial charge on any atom is 0.187 e. The van der Waals surface area contributed by atoms with Crippen molar-refractivity contribution >= 4 is 0 Å². The Morgan fingerprint density at radius 3 is 0.307 bits per heavy atom. The van der Waals surface area contributed by atoms with Gasteiger partial charge in [-0.2, -0.15) is 0 Å². The molecule has 30 fully saturated rings. The highest BCUT2D eigenvalue weighted by atomic mass is 16.8. The summed E-state index contributed by atoms with van der Waals surface area (Å²) in [5.74, 6) is 0. The van der Waals surface area contributed by atoms with Gasteiger partial charge in [0.1, 0.15) is 195 Å². The topological polar surface area (TPSA) is 633 Å². The first-order valence-electron chi connectivity index (χ1n) is 28.1. The van der Waals surface area contributed by atoms with Gasteiger partial charge in [0, 0.05) is 0 Å². The van der Waals surface area contributed by atoms with Gasteiger partial charge in [0.05, 0.1) is 52.9 Å². The van der Waals surface area contributed by atoms with E-state index in [2.05, 4.69) is 0 Å². The van der Waals surface area contributed by atoms with E-state index in [4.69, 9.17) is 75.8 Å². The first kappa shape index (κ1) is 70.7. The van der Waals surface area contributed by atoms with E-state index in [0.29, 0.717) is 0 Å². The highest BCUT2D eigenvalue weighted by Crippen LogP contribution is 2.40. The normalized spacial score (nSPS) is 55.4. The zero-order valence-corrected chi connectivity index (χ0v) is 46.0. The highest BCUT2D eigenvalue weighted by molar-refractivity contribution is 5.02. The molecule has 0 aromatic rings. The molecule has 30 aliphatic rings. The summed E-state index contributed by atoms with van der Waals surface area (Å²) in [5.41, 5.74) is 0. The smallest absolute Gasteiger partial charge is 0.187 e. The Hall–Kier alpha value is -1.60. The Kier molecular flexibility index (Phi) is 24.1. The van der Waals surface area contributed by atoms with Crippen LogP contribution >= 0.6 is 0 Å². The van der Waals surface area contributed by atoms with Crippen LogP contribution in [-0.4, -0.2) is 421 Å². The maximum atomic E-state index is 11.4. The second kappa shape index (κ2) is 30.0. The summed E-state index contributed by atoms with van der Waals surface area (Å²) >= 11 is 0. The van der Waals surface area contributed by atoms with Crippen molar-refractivity contribution in [3.8, 4) is 0 Å². The minimum atomic E-state index is -2.25. The van der Waals surface area contributed by atoms with Gasteiger partial charge in [-0.15, -0.1) is 0 Å². The number of aliphatic hydroxyl groups excluding tert-OH is 24. The van der Waals surface area contributed by atoms with Gasteiger partial charge < -0.3 is 198 Å². The van der Waals surface area contributed by atoms with E-state index in [9.17, 15) is 123 Å². The van der Waals surface area contributed by atoms with Crippen LogP contribution in [0.15, 0.2) is 0 Å². The third-order valence-electron chi connectivity index (χ3n) is 16.9. The van der Waals surface area contributed by atoms with Crippen molar-refractivity contribution in [1.82, 2.24) is 0 Å². The van der Waals surface area contributed by atoms with Crippen molar-refractivity contribution in [2.24, 2.45) is 0 Å². The molecule has 40 atom stereocenters. The second-order valence-corrected chi connectivity index (χ2v) is 22.5. The minimum Gasteiger partial charge on any atom is -0.394 e. The van der Waals surface area contributed by atoms with Crippen molar-refractivity contribution in [1.29, 1.82) is 0 Å². The van der Waals surface area contributed by atoms with Crippen molar-refractivity contribution in [2.45, 2.75) is 246 Å². The lowest BCUT2D eigenvalue weighted by molar-refractivity contribution is -0.404. The molecule has 30 rings (SSSR count). The van der Waals surface area contributed by atoms with Gasteiger partial charge in [-0.3, -0.25) is 0 Å². The standard InChI is InChI=1S/C48H80O40/c49-1-9-33-17(57)25(65)41(73-9)82-34-10(2-50)75-43(27(67)19(34)59)84-36-12(4-52)77-45(29(69)21(36)61)86-38-14(6-54)79-47(31(71)23(38)63)88-40-16(8-56)80-48(32(72)24(40)64)87-39-15(7-55)78-46(30(70)22(39)62)85-37-13(5-53)76-44(28(68)20(37)60)83-35-11(3-51)74-42(81-33)26(66)18(35)58/h9-72H,1-8H2/t9-,10-,11-,12-,13-,14-,15-,16-,17-,18-,19-,20-,21-,22-,23-,24-,25-,26-,27-,28-,29-,30-,31-,32-,33-,34-,35-,36?,37?,38?,39?,40?,41?,42?,43?,44?,45?,46?,47?,48?/m1/s1. The molecule has 13 unspecified atom stereocenters. The zero-order chi connectivity index (χ0) is 64.1. The minimum absolute atomic E-state index is 1.08. The molecule has 40 heteroatoms. The Bertz CT molecular complexity index is 1700. The van der Waals surface area contributed by atoms with Crippen LogP contribution in [0.5, 0.6) is 0 Å². The molecule has 0 amide bonds. The van der Waals surface area contributed by atoms with Gasteiger partial charge in [-0.1, -0.05) is 0 Å². The molecule has 30 heterocycles. The Morgan fingerprint density at radius 1 is 0.136 bits per heavy atom. The molecule has 30 aliphatic heterocycles. The molecule has 0 aromatic carbocycles. The lowest BCUT2D eigenvalue weighted by atomic mass is 9.94. The van der Waals surface area contributed by atoms with Crippen molar-refractivity contribution < 1.29 is 198 Å². The average molecular weight is 1300 g/mol. The van der Waals surface area contributed by atoms with E-state index in [0.717, 1.165) is 0 Å². The summed E-state index contributed by atoms with van der Waals surface area (Å²) in [4.78, 5) is 0. The molecule has 512 valence electrons. The molecule has 24 N–H and O–H groups in total. The number of ether oxygens (including phenoxy) is 16. The predicted molar refractivity (Wildman–Crippen MR) is 261 cm³/mol. The zero-order valence-electron chi connectivity index (χ0n) is 46.0. The first-order valence-corrected chi connectivity index (χ1v) is 28.1. The second-order valence-electron chi connectivity index (χ2n) is 22.5.